The molecule has 0 spiro atoms. The third-order valence-electron chi connectivity index (χ3n) is 4.98. The minimum absolute atomic E-state index is 0.161. The van der Waals surface area contributed by atoms with Gasteiger partial charge in [0.05, 0.1) is 43.7 Å². The summed E-state index contributed by atoms with van der Waals surface area (Å²) in [4.78, 5) is 11.2. The Bertz CT molecular complexity index is 927. The maximum atomic E-state index is 5.55. The molecular weight excluding hydrogens is 376 g/mol. The van der Waals surface area contributed by atoms with Crippen LogP contribution in [0.4, 0.5) is 5.82 Å². The molecule has 148 valence electrons. The molecule has 3 heterocycles. The SMILES string of the molecule is COc1ccc(C(CNc2ncnc3ccsc23)N2CCOCC2)cc1OC. The molecule has 1 fully saturated rings. The van der Waals surface area contributed by atoms with E-state index in [-0.39, 0.29) is 6.04 Å². The lowest BCUT2D eigenvalue weighted by molar-refractivity contribution is 0.0186. The van der Waals surface area contributed by atoms with Crippen LogP contribution < -0.4 is 14.8 Å². The van der Waals surface area contributed by atoms with E-state index in [1.54, 1.807) is 31.9 Å². The first-order chi connectivity index (χ1) is 13.8. The molecule has 0 aliphatic carbocycles. The van der Waals surface area contributed by atoms with Gasteiger partial charge in [0.15, 0.2) is 11.5 Å². The van der Waals surface area contributed by atoms with Gasteiger partial charge in [0, 0.05) is 19.6 Å². The summed E-state index contributed by atoms with van der Waals surface area (Å²) in [7, 11) is 3.32. The summed E-state index contributed by atoms with van der Waals surface area (Å²) in [5.41, 5.74) is 2.14. The average molecular weight is 401 g/mol. The zero-order chi connectivity index (χ0) is 19.3. The van der Waals surface area contributed by atoms with Crippen molar-refractivity contribution in [3.05, 3.63) is 41.5 Å². The van der Waals surface area contributed by atoms with E-state index in [2.05, 4.69) is 32.3 Å². The highest BCUT2D eigenvalue weighted by molar-refractivity contribution is 7.17. The van der Waals surface area contributed by atoms with Gasteiger partial charge in [0.1, 0.15) is 12.1 Å². The number of nitrogens with one attached hydrogen (secondary N) is 1. The Morgan fingerprint density at radius 2 is 1.96 bits per heavy atom. The Balaban J connectivity index is 1.61. The predicted molar refractivity (Wildman–Crippen MR) is 111 cm³/mol. The van der Waals surface area contributed by atoms with Gasteiger partial charge in [-0.25, -0.2) is 9.97 Å². The van der Waals surface area contributed by atoms with Crippen LogP contribution in [0.5, 0.6) is 11.5 Å². The number of hydrogen-bond acceptors (Lipinski definition) is 8. The summed E-state index contributed by atoms with van der Waals surface area (Å²) in [6, 6.07) is 8.30. The van der Waals surface area contributed by atoms with Crippen molar-refractivity contribution in [3.63, 3.8) is 0 Å². The van der Waals surface area contributed by atoms with Crippen molar-refractivity contribution in [2.45, 2.75) is 6.04 Å². The highest BCUT2D eigenvalue weighted by Crippen LogP contribution is 2.33. The number of benzene rings is 1. The standard InChI is InChI=1S/C20H24N4O3S/c1-25-17-4-3-14(11-18(17)26-2)16(24-6-8-27-9-7-24)12-21-20-19-15(5-10-28-19)22-13-23-20/h3-5,10-11,13,16H,6-9,12H2,1-2H3,(H,21,22,23). The lowest BCUT2D eigenvalue weighted by atomic mass is 10.0. The van der Waals surface area contributed by atoms with Crippen LogP contribution in [-0.4, -0.2) is 61.9 Å². The lowest BCUT2D eigenvalue weighted by Crippen LogP contribution is -2.41. The molecule has 0 amide bonds. The Labute approximate surface area is 168 Å². The van der Waals surface area contributed by atoms with Crippen LogP contribution in [0.3, 0.4) is 0 Å². The second-order valence-corrected chi connectivity index (χ2v) is 7.43. The summed E-state index contributed by atoms with van der Waals surface area (Å²) in [6.07, 6.45) is 1.61. The second-order valence-electron chi connectivity index (χ2n) is 6.52. The summed E-state index contributed by atoms with van der Waals surface area (Å²) >= 11 is 1.65. The highest BCUT2D eigenvalue weighted by Gasteiger charge is 2.24. The number of anilines is 1. The molecule has 2 aromatic heterocycles. The van der Waals surface area contributed by atoms with Gasteiger partial charge >= 0.3 is 0 Å². The fraction of sp³-hybridized carbons (Fsp3) is 0.400. The monoisotopic (exact) mass is 400 g/mol. The Hall–Kier alpha value is -2.42. The van der Waals surface area contributed by atoms with Crippen LogP contribution in [0.1, 0.15) is 11.6 Å². The van der Waals surface area contributed by atoms with Crippen molar-refractivity contribution >= 4 is 27.4 Å². The predicted octanol–water partition coefficient (Wildman–Crippen LogP) is 3.19. The number of ether oxygens (including phenoxy) is 3. The number of rotatable bonds is 7. The number of fused-ring (bicyclic) bond motifs is 1. The molecular formula is C20H24N4O3S. The molecule has 0 bridgehead atoms. The zero-order valence-electron chi connectivity index (χ0n) is 16.1. The van der Waals surface area contributed by atoms with E-state index in [0.717, 1.165) is 60.4 Å². The Morgan fingerprint density at radius 3 is 2.75 bits per heavy atom. The van der Waals surface area contributed by atoms with Crippen molar-refractivity contribution in [3.8, 4) is 11.5 Å². The van der Waals surface area contributed by atoms with E-state index in [1.807, 2.05) is 17.5 Å². The Morgan fingerprint density at radius 1 is 1.14 bits per heavy atom. The smallest absolute Gasteiger partial charge is 0.161 e. The van der Waals surface area contributed by atoms with Crippen molar-refractivity contribution < 1.29 is 14.2 Å². The number of methoxy groups -OCH3 is 2. The third-order valence-corrected chi connectivity index (χ3v) is 5.90. The third kappa shape index (κ3) is 3.89. The molecule has 28 heavy (non-hydrogen) atoms. The van der Waals surface area contributed by atoms with Crippen LogP contribution in [-0.2, 0) is 4.74 Å². The number of morpholine rings is 1. The van der Waals surface area contributed by atoms with Crippen LogP contribution >= 0.6 is 11.3 Å². The fourth-order valence-corrected chi connectivity index (χ4v) is 4.33. The van der Waals surface area contributed by atoms with Gasteiger partial charge in [-0.15, -0.1) is 11.3 Å². The second kappa shape index (κ2) is 8.72. The quantitative estimate of drug-likeness (QED) is 0.653. The molecule has 1 aliphatic rings. The van der Waals surface area contributed by atoms with Gasteiger partial charge < -0.3 is 19.5 Å². The van der Waals surface area contributed by atoms with Crippen molar-refractivity contribution in [1.82, 2.24) is 14.9 Å². The fourth-order valence-electron chi connectivity index (χ4n) is 3.52. The molecule has 8 heteroatoms. The summed E-state index contributed by atoms with van der Waals surface area (Å²) in [5, 5.41) is 5.58. The molecule has 1 unspecified atom stereocenters. The summed E-state index contributed by atoms with van der Waals surface area (Å²) < 4.78 is 17.5. The van der Waals surface area contributed by atoms with E-state index in [9.17, 15) is 0 Å². The number of hydrogen-bond donors (Lipinski definition) is 1. The van der Waals surface area contributed by atoms with Crippen LogP contribution in [0.15, 0.2) is 36.0 Å². The van der Waals surface area contributed by atoms with Crippen LogP contribution in [0.2, 0.25) is 0 Å². The largest absolute Gasteiger partial charge is 0.493 e. The van der Waals surface area contributed by atoms with E-state index < -0.39 is 0 Å². The molecule has 1 saturated heterocycles. The van der Waals surface area contributed by atoms with E-state index in [1.165, 1.54) is 5.56 Å². The lowest BCUT2D eigenvalue weighted by Gasteiger charge is -2.35. The van der Waals surface area contributed by atoms with Gasteiger partial charge in [0.25, 0.3) is 0 Å². The number of aromatic nitrogens is 2. The van der Waals surface area contributed by atoms with E-state index >= 15 is 0 Å². The van der Waals surface area contributed by atoms with Gasteiger partial charge in [-0.05, 0) is 29.1 Å². The molecule has 7 nitrogen and oxygen atoms in total. The molecule has 4 rings (SSSR count). The maximum Gasteiger partial charge on any atom is 0.161 e. The minimum Gasteiger partial charge on any atom is -0.493 e. The first-order valence-electron chi connectivity index (χ1n) is 9.26. The molecule has 0 radical (unpaired) electrons. The molecule has 1 N–H and O–H groups in total. The Kier molecular flexibility index (Phi) is 5.90. The molecule has 1 atom stereocenters. The minimum atomic E-state index is 0.161. The maximum absolute atomic E-state index is 5.55. The van der Waals surface area contributed by atoms with Gasteiger partial charge in [-0.3, -0.25) is 4.90 Å². The van der Waals surface area contributed by atoms with E-state index in [0.29, 0.717) is 0 Å². The molecule has 1 aliphatic heterocycles. The van der Waals surface area contributed by atoms with Crippen molar-refractivity contribution in [1.29, 1.82) is 0 Å². The normalized spacial score (nSPS) is 16.1. The first kappa shape index (κ1) is 18.9. The van der Waals surface area contributed by atoms with Crippen LogP contribution in [0, 0.1) is 0 Å². The van der Waals surface area contributed by atoms with Gasteiger partial charge in [-0.2, -0.15) is 0 Å². The van der Waals surface area contributed by atoms with E-state index in [4.69, 9.17) is 14.2 Å². The topological polar surface area (TPSA) is 68.7 Å². The van der Waals surface area contributed by atoms with Crippen LogP contribution in [0.25, 0.3) is 10.2 Å². The van der Waals surface area contributed by atoms with Gasteiger partial charge in [-0.1, -0.05) is 6.07 Å². The van der Waals surface area contributed by atoms with Crippen molar-refractivity contribution in [2.24, 2.45) is 0 Å². The van der Waals surface area contributed by atoms with Gasteiger partial charge in [0.2, 0.25) is 0 Å². The molecule has 1 aromatic carbocycles. The summed E-state index contributed by atoms with van der Waals surface area (Å²) in [5.74, 6) is 2.34. The average Bonchev–Trinajstić information content (AvgIpc) is 3.24. The number of nitrogens with zero attached hydrogens (tertiary/aromatic N) is 3. The summed E-state index contributed by atoms with van der Waals surface area (Å²) in [6.45, 7) is 3.98. The van der Waals surface area contributed by atoms with Crippen molar-refractivity contribution in [2.75, 3.05) is 52.4 Å². The first-order valence-corrected chi connectivity index (χ1v) is 10.1. The molecule has 3 aromatic rings. The number of thiophene rings is 1. The zero-order valence-corrected chi connectivity index (χ0v) is 16.9. The molecule has 0 saturated carbocycles. The highest BCUT2D eigenvalue weighted by atomic mass is 32.1.